The zero-order valence-electron chi connectivity index (χ0n) is 5.87. The van der Waals surface area contributed by atoms with E-state index in [4.69, 9.17) is 0 Å². The van der Waals surface area contributed by atoms with E-state index < -0.39 is 0 Å². The van der Waals surface area contributed by atoms with Crippen molar-refractivity contribution in [1.82, 2.24) is 0 Å². The smallest absolute Gasteiger partial charge is 0.192 e. The van der Waals surface area contributed by atoms with Crippen molar-refractivity contribution in [3.8, 4) is 0 Å². The van der Waals surface area contributed by atoms with Gasteiger partial charge in [-0.25, -0.2) is 0 Å². The van der Waals surface area contributed by atoms with Gasteiger partial charge in [-0.05, 0) is 24.1 Å². The van der Waals surface area contributed by atoms with Gasteiger partial charge in [0.2, 0.25) is 0 Å². The van der Waals surface area contributed by atoms with Crippen LogP contribution in [0.2, 0.25) is 0 Å². The summed E-state index contributed by atoms with van der Waals surface area (Å²) >= 11 is 0. The molecule has 0 fully saturated rings. The lowest BCUT2D eigenvalue weighted by molar-refractivity contribution is 0.603. The van der Waals surface area contributed by atoms with E-state index in [0.717, 1.165) is 11.7 Å². The average Bonchev–Trinajstić information content (AvgIpc) is 2.05. The first-order valence-corrected chi connectivity index (χ1v) is 4.10. The fourth-order valence-electron chi connectivity index (χ4n) is 0.793. The molecule has 0 radical (unpaired) electrons. The zero-order valence-corrected chi connectivity index (χ0v) is 6.77. The molecule has 0 unspecified atom stereocenters. The molecule has 52 valence electrons. The molecule has 10 heavy (non-hydrogen) atoms. The van der Waals surface area contributed by atoms with Crippen LogP contribution in [-0.4, -0.2) is 0 Å². The van der Waals surface area contributed by atoms with Gasteiger partial charge in [-0.1, -0.05) is 19.1 Å². The van der Waals surface area contributed by atoms with E-state index in [0.29, 0.717) is 0 Å². The quantitative estimate of drug-likeness (QED) is 0.593. The third kappa shape index (κ3) is 1.65. The van der Waals surface area contributed by atoms with Gasteiger partial charge in [0.15, 0.2) is 8.46 Å². The highest BCUT2D eigenvalue weighted by atomic mass is 31.1. The molecule has 0 aliphatic heterocycles. The van der Waals surface area contributed by atoms with Crippen molar-refractivity contribution in [2.24, 2.45) is 0 Å². The van der Waals surface area contributed by atoms with E-state index in [1.807, 2.05) is 24.3 Å². The van der Waals surface area contributed by atoms with E-state index in [1.54, 1.807) is 0 Å². The molecule has 0 saturated carbocycles. The van der Waals surface area contributed by atoms with Crippen molar-refractivity contribution in [2.75, 3.05) is 0 Å². The summed E-state index contributed by atoms with van der Waals surface area (Å²) < 4.78 is 10.3. The lowest BCUT2D eigenvalue weighted by Gasteiger charge is -1.93. The largest absolute Gasteiger partial charge is 0.269 e. The first kappa shape index (κ1) is 7.43. The normalized spacial score (nSPS) is 10.1. The zero-order chi connectivity index (χ0) is 7.40. The van der Waals surface area contributed by atoms with Crippen LogP contribution >= 0.6 is 8.46 Å². The second-order valence-electron chi connectivity index (χ2n) is 2.11. The second-order valence-corrected chi connectivity index (χ2v) is 2.81. The molecule has 1 aromatic carbocycles. The Balaban J connectivity index is 2.90. The number of hydrogen-bond acceptors (Lipinski definition) is 1. The summed E-state index contributed by atoms with van der Waals surface area (Å²) in [6.07, 6.45) is 1.04. The molecule has 1 rings (SSSR count). The molecule has 0 saturated heterocycles. The van der Waals surface area contributed by atoms with E-state index in [1.165, 1.54) is 5.56 Å². The van der Waals surface area contributed by atoms with Gasteiger partial charge < -0.3 is 0 Å². The molecular weight excluding hydrogens is 143 g/mol. The Morgan fingerprint density at radius 2 is 1.90 bits per heavy atom. The van der Waals surface area contributed by atoms with Gasteiger partial charge in [0, 0.05) is 5.30 Å². The van der Waals surface area contributed by atoms with E-state index in [9.17, 15) is 4.57 Å². The summed E-state index contributed by atoms with van der Waals surface area (Å²) in [7, 11) is 0.108. The summed E-state index contributed by atoms with van der Waals surface area (Å²) in [4.78, 5) is 0. The van der Waals surface area contributed by atoms with Gasteiger partial charge in [0.05, 0.1) is 0 Å². The van der Waals surface area contributed by atoms with Crippen molar-refractivity contribution in [1.29, 1.82) is 0 Å². The van der Waals surface area contributed by atoms with E-state index in [-0.39, 0.29) is 8.46 Å². The van der Waals surface area contributed by atoms with Crippen LogP contribution in [0.1, 0.15) is 12.5 Å². The first-order valence-electron chi connectivity index (χ1n) is 3.29. The molecule has 0 bridgehead atoms. The third-order valence-corrected chi connectivity index (χ3v) is 1.96. The van der Waals surface area contributed by atoms with Crippen molar-refractivity contribution < 1.29 is 4.57 Å². The average molecular weight is 152 g/mol. The van der Waals surface area contributed by atoms with Crippen molar-refractivity contribution in [2.45, 2.75) is 13.3 Å². The summed E-state index contributed by atoms with van der Waals surface area (Å²) in [6, 6.07) is 7.77. The topological polar surface area (TPSA) is 17.1 Å². The van der Waals surface area contributed by atoms with Crippen LogP contribution in [0.3, 0.4) is 0 Å². The van der Waals surface area contributed by atoms with E-state index >= 15 is 0 Å². The van der Waals surface area contributed by atoms with Gasteiger partial charge in [0.1, 0.15) is 0 Å². The molecule has 1 aromatic rings. The van der Waals surface area contributed by atoms with Crippen LogP contribution in [0.25, 0.3) is 0 Å². The van der Waals surface area contributed by atoms with Gasteiger partial charge in [0.25, 0.3) is 0 Å². The van der Waals surface area contributed by atoms with Crippen molar-refractivity contribution in [3.63, 3.8) is 0 Å². The number of rotatable bonds is 2. The highest BCUT2D eigenvalue weighted by Crippen LogP contribution is 2.01. The summed E-state index contributed by atoms with van der Waals surface area (Å²) in [5.41, 5.74) is 1.28. The molecule has 0 atom stereocenters. The minimum atomic E-state index is 0.108. The van der Waals surface area contributed by atoms with Crippen molar-refractivity contribution >= 4 is 13.8 Å². The Labute approximate surface area is 62.3 Å². The molecule has 0 amide bonds. The standard InChI is InChI=1S/C8H9OP/c1-2-7-3-5-8(10-9)6-4-7/h3-6H,2H2,1H3. The molecular formula is C8H9OP. The summed E-state index contributed by atoms with van der Waals surface area (Å²) in [6.45, 7) is 2.10. The minimum absolute atomic E-state index is 0.108. The fourth-order valence-corrected chi connectivity index (χ4v) is 1.06. The molecule has 0 aliphatic carbocycles. The lowest BCUT2D eigenvalue weighted by Crippen LogP contribution is -1.90. The number of benzene rings is 1. The highest BCUT2D eigenvalue weighted by Gasteiger charge is 1.89. The minimum Gasteiger partial charge on any atom is -0.269 e. The predicted molar refractivity (Wildman–Crippen MR) is 43.1 cm³/mol. The third-order valence-electron chi connectivity index (χ3n) is 1.45. The molecule has 2 heteroatoms. The molecule has 0 N–H and O–H groups in total. The maximum Gasteiger partial charge on any atom is 0.192 e. The lowest BCUT2D eigenvalue weighted by atomic mass is 10.2. The maximum atomic E-state index is 10.3. The SMILES string of the molecule is CCc1ccc(P=O)cc1. The Morgan fingerprint density at radius 1 is 1.30 bits per heavy atom. The van der Waals surface area contributed by atoms with Crippen molar-refractivity contribution in [3.05, 3.63) is 29.8 Å². The monoisotopic (exact) mass is 152 g/mol. The Hall–Kier alpha value is -0.680. The molecule has 0 heterocycles. The Bertz CT molecular complexity index is 215. The molecule has 0 spiro atoms. The number of aryl methyl sites for hydroxylation is 1. The molecule has 1 nitrogen and oxygen atoms in total. The Morgan fingerprint density at radius 3 is 2.30 bits per heavy atom. The van der Waals surface area contributed by atoms with Gasteiger partial charge in [-0.3, -0.25) is 4.57 Å². The molecule has 0 aliphatic rings. The predicted octanol–water partition coefficient (Wildman–Crippen LogP) is 2.17. The highest BCUT2D eigenvalue weighted by molar-refractivity contribution is 7.34. The van der Waals surface area contributed by atoms with Crippen LogP contribution < -0.4 is 5.30 Å². The van der Waals surface area contributed by atoms with Crippen LogP contribution in [0.5, 0.6) is 0 Å². The maximum absolute atomic E-state index is 10.3. The fraction of sp³-hybridized carbons (Fsp3) is 0.250. The second kappa shape index (κ2) is 3.48. The van der Waals surface area contributed by atoms with Crippen LogP contribution in [-0.2, 0) is 11.0 Å². The summed E-state index contributed by atoms with van der Waals surface area (Å²) in [5.74, 6) is 0. The van der Waals surface area contributed by atoms with Crippen LogP contribution in [0, 0.1) is 0 Å². The van der Waals surface area contributed by atoms with Crippen LogP contribution in [0.4, 0.5) is 0 Å². The molecule has 0 aromatic heterocycles. The van der Waals surface area contributed by atoms with Gasteiger partial charge >= 0.3 is 0 Å². The van der Waals surface area contributed by atoms with Gasteiger partial charge in [-0.15, -0.1) is 0 Å². The first-order chi connectivity index (χ1) is 4.86. The van der Waals surface area contributed by atoms with E-state index in [2.05, 4.69) is 6.92 Å². The van der Waals surface area contributed by atoms with Crippen LogP contribution in [0.15, 0.2) is 24.3 Å². The summed E-state index contributed by atoms with van der Waals surface area (Å²) in [5, 5.41) is 0.845. The van der Waals surface area contributed by atoms with Gasteiger partial charge in [-0.2, -0.15) is 0 Å². The number of hydrogen-bond donors (Lipinski definition) is 0. The Kier molecular flexibility index (Phi) is 2.58.